The fourth-order valence-electron chi connectivity index (χ4n) is 2.68. The van der Waals surface area contributed by atoms with Crippen molar-refractivity contribution in [1.82, 2.24) is 9.78 Å². The van der Waals surface area contributed by atoms with Gasteiger partial charge in [-0.2, -0.15) is 5.90 Å². The fourth-order valence-corrected chi connectivity index (χ4v) is 3.04. The summed E-state index contributed by atoms with van der Waals surface area (Å²) in [4.78, 5) is 17.1. The number of nitrogens with zero attached hydrogens (tertiary/aromatic N) is 2. The number of amides is 1. The van der Waals surface area contributed by atoms with Gasteiger partial charge in [-0.15, -0.1) is 14.4 Å². The van der Waals surface area contributed by atoms with E-state index in [1.807, 2.05) is 82.3 Å². The van der Waals surface area contributed by atoms with Gasteiger partial charge in [0.1, 0.15) is 5.60 Å². The molecule has 158 valence electrons. The Balaban J connectivity index is 1.94. The van der Waals surface area contributed by atoms with Crippen LogP contribution in [0.2, 0.25) is 0 Å². The maximum atomic E-state index is 12.2. The number of nitrogens with one attached hydrogen (secondary N) is 1. The first-order valence-corrected chi connectivity index (χ1v) is 9.97. The van der Waals surface area contributed by atoms with Crippen LogP contribution in [0.15, 0.2) is 59.5 Å². The molecule has 0 saturated carbocycles. The number of anilines is 1. The number of carbonyl (C=O) groups excluding carboxylic acids is 1. The van der Waals surface area contributed by atoms with Gasteiger partial charge >= 0.3 is 6.09 Å². The quantitative estimate of drug-likeness (QED) is 0.323. The van der Waals surface area contributed by atoms with Crippen LogP contribution >= 0.6 is 12.0 Å². The molecule has 0 aliphatic heterocycles. The summed E-state index contributed by atoms with van der Waals surface area (Å²) in [5.74, 6) is 5.26. The molecule has 2 aromatic carbocycles. The van der Waals surface area contributed by atoms with E-state index in [0.717, 1.165) is 39.4 Å². The van der Waals surface area contributed by atoms with Gasteiger partial charge in [0.2, 0.25) is 0 Å². The summed E-state index contributed by atoms with van der Waals surface area (Å²) < 4.78 is 11.8. The second kappa shape index (κ2) is 9.31. The summed E-state index contributed by atoms with van der Waals surface area (Å²) in [6.45, 7) is 7.45. The molecule has 0 spiro atoms. The van der Waals surface area contributed by atoms with Crippen molar-refractivity contribution in [3.05, 3.63) is 60.2 Å². The molecule has 0 fully saturated rings. The molecule has 1 amide bonds. The Morgan fingerprint density at radius 1 is 1.10 bits per heavy atom. The Hall–Kier alpha value is -2.85. The van der Waals surface area contributed by atoms with Crippen molar-refractivity contribution >= 4 is 24.0 Å². The lowest BCUT2D eigenvalue weighted by Crippen LogP contribution is -2.27. The van der Waals surface area contributed by atoms with Crippen LogP contribution in [0.25, 0.3) is 16.9 Å². The molecule has 0 bridgehead atoms. The molecule has 8 nitrogen and oxygen atoms in total. The van der Waals surface area contributed by atoms with Crippen LogP contribution < -0.4 is 11.2 Å². The van der Waals surface area contributed by atoms with E-state index in [-0.39, 0.29) is 0 Å². The minimum atomic E-state index is -0.602. The summed E-state index contributed by atoms with van der Waals surface area (Å²) >= 11 is 0.995. The van der Waals surface area contributed by atoms with Crippen LogP contribution in [0.3, 0.4) is 0 Å². The minimum Gasteiger partial charge on any atom is -0.444 e. The smallest absolute Gasteiger partial charge is 0.413 e. The number of aryl methyl sites for hydroxylation is 1. The molecule has 0 aliphatic carbocycles. The largest absolute Gasteiger partial charge is 0.444 e. The van der Waals surface area contributed by atoms with E-state index in [9.17, 15) is 4.79 Å². The summed E-state index contributed by atoms with van der Waals surface area (Å²) in [5, 5.41) is 7.26. The summed E-state index contributed by atoms with van der Waals surface area (Å²) in [7, 11) is 0. The van der Waals surface area contributed by atoms with E-state index in [0.29, 0.717) is 5.82 Å². The van der Waals surface area contributed by atoms with Gasteiger partial charge in [0.05, 0.1) is 23.4 Å². The Bertz CT molecular complexity index is 995. The van der Waals surface area contributed by atoms with E-state index in [2.05, 4.69) is 19.7 Å². The fraction of sp³-hybridized carbons (Fsp3) is 0.238. The summed E-state index contributed by atoms with van der Waals surface area (Å²) in [5.41, 5.74) is 3.14. The van der Waals surface area contributed by atoms with Crippen LogP contribution in [0.1, 0.15) is 26.3 Å². The molecule has 30 heavy (non-hydrogen) atoms. The van der Waals surface area contributed by atoms with Crippen molar-refractivity contribution < 1.29 is 18.9 Å². The van der Waals surface area contributed by atoms with Crippen molar-refractivity contribution in [2.24, 2.45) is 5.90 Å². The molecule has 9 heteroatoms. The average molecular weight is 429 g/mol. The Morgan fingerprint density at radius 3 is 2.37 bits per heavy atom. The second-order valence-electron chi connectivity index (χ2n) is 7.56. The zero-order chi connectivity index (χ0) is 21.7. The molecular weight excluding hydrogens is 404 g/mol. The van der Waals surface area contributed by atoms with E-state index < -0.39 is 11.7 Å². The zero-order valence-electron chi connectivity index (χ0n) is 17.2. The number of ether oxygens (including phenoxy) is 1. The van der Waals surface area contributed by atoms with Crippen LogP contribution in [-0.4, -0.2) is 21.5 Å². The number of carbonyl (C=O) groups is 1. The van der Waals surface area contributed by atoms with Crippen LogP contribution in [-0.2, 0) is 14.1 Å². The lowest BCUT2D eigenvalue weighted by molar-refractivity contribution is -0.195. The molecule has 0 radical (unpaired) electrons. The lowest BCUT2D eigenvalue weighted by Gasteiger charge is -2.19. The monoisotopic (exact) mass is 428 g/mol. The molecule has 3 N–H and O–H groups in total. The number of rotatable bonds is 6. The average Bonchev–Trinajstić information content (AvgIpc) is 3.09. The van der Waals surface area contributed by atoms with Gasteiger partial charge in [0, 0.05) is 16.5 Å². The number of benzene rings is 2. The molecule has 3 rings (SSSR count). The van der Waals surface area contributed by atoms with Gasteiger partial charge in [0.25, 0.3) is 0 Å². The minimum absolute atomic E-state index is 0.387. The number of hydrogen-bond donors (Lipinski definition) is 2. The molecule has 0 unspecified atom stereocenters. The molecule has 1 aromatic heterocycles. The highest BCUT2D eigenvalue weighted by atomic mass is 32.2. The maximum Gasteiger partial charge on any atom is 0.413 e. The predicted octanol–water partition coefficient (Wildman–Crippen LogP) is 5.02. The van der Waals surface area contributed by atoms with Gasteiger partial charge in [-0.05, 0) is 52.0 Å². The predicted molar refractivity (Wildman–Crippen MR) is 116 cm³/mol. The highest BCUT2D eigenvalue weighted by molar-refractivity contribution is 7.94. The lowest BCUT2D eigenvalue weighted by atomic mass is 10.1. The van der Waals surface area contributed by atoms with Crippen LogP contribution in [0, 0.1) is 6.92 Å². The van der Waals surface area contributed by atoms with E-state index in [4.69, 9.17) is 10.6 Å². The molecule has 1 heterocycles. The van der Waals surface area contributed by atoms with Crippen LogP contribution in [0.4, 0.5) is 10.6 Å². The van der Waals surface area contributed by atoms with Gasteiger partial charge in [0.15, 0.2) is 5.82 Å². The van der Waals surface area contributed by atoms with Crippen molar-refractivity contribution in [3.8, 4) is 16.9 Å². The molecule has 3 aromatic rings. The standard InChI is InChI=1S/C21H24N4O4S/c1-14-5-7-15(8-6-14)18-13-19(23-20(26)27-21(2,3)4)24-25(18)16-9-11-17(12-10-16)30-29-28-22/h5-13H,22H2,1-4H3,(H,23,24,26). The summed E-state index contributed by atoms with van der Waals surface area (Å²) in [6.07, 6.45) is -0.562. The highest BCUT2D eigenvalue weighted by Crippen LogP contribution is 2.28. The topological polar surface area (TPSA) is 101 Å². The van der Waals surface area contributed by atoms with Crippen molar-refractivity contribution in [2.75, 3.05) is 5.32 Å². The van der Waals surface area contributed by atoms with E-state index in [1.54, 1.807) is 4.68 Å². The van der Waals surface area contributed by atoms with Gasteiger partial charge < -0.3 is 4.74 Å². The van der Waals surface area contributed by atoms with E-state index >= 15 is 0 Å². The van der Waals surface area contributed by atoms with Crippen LogP contribution in [0.5, 0.6) is 0 Å². The van der Waals surface area contributed by atoms with Gasteiger partial charge in [-0.25, -0.2) is 9.48 Å². The Labute approximate surface area is 179 Å². The number of aromatic nitrogens is 2. The third kappa shape index (κ3) is 5.83. The first-order chi connectivity index (χ1) is 14.2. The second-order valence-corrected chi connectivity index (χ2v) is 8.34. The van der Waals surface area contributed by atoms with Crippen molar-refractivity contribution in [2.45, 2.75) is 38.2 Å². The molecule has 0 atom stereocenters. The highest BCUT2D eigenvalue weighted by Gasteiger charge is 2.19. The maximum absolute atomic E-state index is 12.2. The number of hydrogen-bond acceptors (Lipinski definition) is 7. The zero-order valence-corrected chi connectivity index (χ0v) is 18.0. The molecule has 0 aliphatic rings. The Morgan fingerprint density at radius 2 is 1.77 bits per heavy atom. The van der Waals surface area contributed by atoms with Crippen molar-refractivity contribution in [3.63, 3.8) is 0 Å². The summed E-state index contributed by atoms with van der Waals surface area (Å²) in [6, 6.07) is 17.3. The third-order valence-corrected chi connectivity index (χ3v) is 4.55. The molecule has 0 saturated heterocycles. The van der Waals surface area contributed by atoms with Gasteiger partial charge in [-0.1, -0.05) is 29.8 Å². The third-order valence-electron chi connectivity index (χ3n) is 3.94. The van der Waals surface area contributed by atoms with E-state index in [1.165, 1.54) is 0 Å². The first kappa shape index (κ1) is 21.8. The van der Waals surface area contributed by atoms with Crippen molar-refractivity contribution in [1.29, 1.82) is 0 Å². The molecular formula is C21H24N4O4S. The number of nitrogens with two attached hydrogens (primary N) is 1. The SMILES string of the molecule is Cc1ccc(-c2cc(NC(=O)OC(C)(C)C)nn2-c2ccc(SOON)cc2)cc1. The normalized spacial score (nSPS) is 11.4. The first-order valence-electron chi connectivity index (χ1n) is 9.23. The Kier molecular flexibility index (Phi) is 6.78. The van der Waals surface area contributed by atoms with Gasteiger partial charge in [-0.3, -0.25) is 5.32 Å².